The number of benzene rings is 1. The van der Waals surface area contributed by atoms with Crippen molar-refractivity contribution >= 4 is 23.4 Å². The molecule has 1 aliphatic heterocycles. The molecule has 0 bridgehead atoms. The minimum atomic E-state index is -1.05. The number of aromatic nitrogens is 1. The normalized spacial score (nSPS) is 14.0. The molecule has 2 aromatic rings. The number of hydrogen-bond acceptors (Lipinski definition) is 5. The number of nitrogens with zero attached hydrogens (tertiary/aromatic N) is 3. The zero-order valence-electron chi connectivity index (χ0n) is 14.6. The van der Waals surface area contributed by atoms with Crippen molar-refractivity contribution in [3.05, 3.63) is 53.9 Å². The second-order valence-corrected chi connectivity index (χ2v) is 5.91. The van der Waals surface area contributed by atoms with Crippen molar-refractivity contribution in [3.63, 3.8) is 0 Å². The van der Waals surface area contributed by atoms with E-state index in [0.717, 1.165) is 18.9 Å². The summed E-state index contributed by atoms with van der Waals surface area (Å²) in [5, 5.41) is 2.39. The second-order valence-electron chi connectivity index (χ2n) is 5.91. The summed E-state index contributed by atoms with van der Waals surface area (Å²) >= 11 is 0. The molecular formula is C18H18F2N4O3. The van der Waals surface area contributed by atoms with E-state index < -0.39 is 29.2 Å². The van der Waals surface area contributed by atoms with Crippen molar-refractivity contribution in [2.24, 2.45) is 0 Å². The van der Waals surface area contributed by atoms with Gasteiger partial charge in [0.2, 0.25) is 0 Å². The van der Waals surface area contributed by atoms with Crippen molar-refractivity contribution in [2.45, 2.75) is 0 Å². The largest absolute Gasteiger partial charge is 0.465 e. The highest BCUT2D eigenvalue weighted by molar-refractivity contribution is 5.94. The Morgan fingerprint density at radius 1 is 1.07 bits per heavy atom. The number of carbonyl (C=O) groups is 2. The van der Waals surface area contributed by atoms with Crippen LogP contribution in [-0.4, -0.2) is 55.2 Å². The highest BCUT2D eigenvalue weighted by Crippen LogP contribution is 2.21. The monoisotopic (exact) mass is 376 g/mol. The fourth-order valence-corrected chi connectivity index (χ4v) is 2.83. The molecule has 7 nitrogen and oxygen atoms in total. The van der Waals surface area contributed by atoms with Gasteiger partial charge in [-0.05, 0) is 18.2 Å². The molecular weight excluding hydrogens is 358 g/mol. The van der Waals surface area contributed by atoms with Crippen LogP contribution in [0.2, 0.25) is 0 Å². The first kappa shape index (κ1) is 18.6. The average Bonchev–Trinajstić information content (AvgIpc) is 2.70. The molecule has 3 rings (SSSR count). The van der Waals surface area contributed by atoms with E-state index >= 15 is 0 Å². The summed E-state index contributed by atoms with van der Waals surface area (Å²) in [6.45, 7) is 2.08. The minimum absolute atomic E-state index is 0.279. The molecule has 2 heterocycles. The van der Waals surface area contributed by atoms with Gasteiger partial charge in [0, 0.05) is 50.3 Å². The lowest BCUT2D eigenvalue weighted by Crippen LogP contribution is -2.50. The molecule has 1 saturated heterocycles. The summed E-state index contributed by atoms with van der Waals surface area (Å²) < 4.78 is 32.1. The number of esters is 1. The van der Waals surface area contributed by atoms with Crippen molar-refractivity contribution in [2.75, 3.05) is 43.5 Å². The van der Waals surface area contributed by atoms with Crippen LogP contribution in [0.15, 0.2) is 36.7 Å². The third-order valence-corrected chi connectivity index (χ3v) is 4.30. The molecule has 0 unspecified atom stereocenters. The molecule has 0 spiro atoms. The Morgan fingerprint density at radius 2 is 1.74 bits per heavy atom. The minimum Gasteiger partial charge on any atom is -0.465 e. The number of anilines is 2. The Hall–Kier alpha value is -3.23. The average molecular weight is 376 g/mol. The van der Waals surface area contributed by atoms with Gasteiger partial charge < -0.3 is 19.9 Å². The smallest absolute Gasteiger partial charge is 0.340 e. The number of piperazine rings is 1. The molecule has 0 atom stereocenters. The van der Waals surface area contributed by atoms with Crippen molar-refractivity contribution in [3.8, 4) is 0 Å². The van der Waals surface area contributed by atoms with Gasteiger partial charge in [-0.3, -0.25) is 4.98 Å². The number of halogens is 2. The van der Waals surface area contributed by atoms with Crippen LogP contribution in [0.3, 0.4) is 0 Å². The Balaban J connectivity index is 1.65. The molecule has 0 saturated carbocycles. The predicted octanol–water partition coefficient (Wildman–Crippen LogP) is 2.50. The number of carbonyl (C=O) groups excluding carboxylic acids is 2. The van der Waals surface area contributed by atoms with E-state index in [-0.39, 0.29) is 5.69 Å². The van der Waals surface area contributed by atoms with Gasteiger partial charge in [0.25, 0.3) is 0 Å². The highest BCUT2D eigenvalue weighted by Gasteiger charge is 2.23. The lowest BCUT2D eigenvalue weighted by Gasteiger charge is -2.36. The second kappa shape index (κ2) is 7.98. The summed E-state index contributed by atoms with van der Waals surface area (Å²) in [7, 11) is 1.09. The van der Waals surface area contributed by atoms with Crippen LogP contribution < -0.4 is 10.2 Å². The van der Waals surface area contributed by atoms with Crippen LogP contribution >= 0.6 is 0 Å². The zero-order chi connectivity index (χ0) is 19.4. The van der Waals surface area contributed by atoms with Gasteiger partial charge >= 0.3 is 12.0 Å². The topological polar surface area (TPSA) is 74.8 Å². The predicted molar refractivity (Wildman–Crippen MR) is 94.7 cm³/mol. The van der Waals surface area contributed by atoms with Crippen molar-refractivity contribution < 1.29 is 23.1 Å². The molecule has 2 amide bonds. The number of urea groups is 1. The van der Waals surface area contributed by atoms with Crippen molar-refractivity contribution in [1.82, 2.24) is 9.88 Å². The molecule has 27 heavy (non-hydrogen) atoms. The molecule has 142 valence electrons. The number of methoxy groups -OCH3 is 1. The Kier molecular flexibility index (Phi) is 5.49. The fourth-order valence-electron chi connectivity index (χ4n) is 2.83. The van der Waals surface area contributed by atoms with Crippen LogP contribution in [-0.2, 0) is 4.74 Å². The molecule has 9 heteroatoms. The van der Waals surface area contributed by atoms with Gasteiger partial charge in [-0.15, -0.1) is 0 Å². The van der Waals surface area contributed by atoms with E-state index in [0.29, 0.717) is 32.2 Å². The van der Waals surface area contributed by atoms with Crippen LogP contribution in [0.25, 0.3) is 0 Å². The number of amides is 2. The first-order valence-corrected chi connectivity index (χ1v) is 8.28. The third-order valence-electron chi connectivity index (χ3n) is 4.30. The molecule has 1 fully saturated rings. The number of hydrogen-bond donors (Lipinski definition) is 1. The number of pyridine rings is 1. The van der Waals surface area contributed by atoms with E-state index in [1.807, 2.05) is 12.1 Å². The van der Waals surface area contributed by atoms with Gasteiger partial charge in [0.1, 0.15) is 11.6 Å². The maximum atomic E-state index is 14.0. The molecule has 1 aliphatic rings. The first-order valence-electron chi connectivity index (χ1n) is 8.28. The van der Waals surface area contributed by atoms with Gasteiger partial charge in [0.15, 0.2) is 0 Å². The van der Waals surface area contributed by atoms with E-state index in [1.54, 1.807) is 12.4 Å². The number of ether oxygens (including phenoxy) is 1. The maximum Gasteiger partial charge on any atom is 0.340 e. The summed E-state index contributed by atoms with van der Waals surface area (Å²) in [5.74, 6) is -2.97. The lowest BCUT2D eigenvalue weighted by atomic mass is 10.1. The molecule has 0 radical (unpaired) electrons. The zero-order valence-corrected chi connectivity index (χ0v) is 14.6. The van der Waals surface area contributed by atoms with Crippen LogP contribution in [0, 0.1) is 11.6 Å². The maximum absolute atomic E-state index is 14.0. The lowest BCUT2D eigenvalue weighted by molar-refractivity contribution is 0.0595. The van der Waals surface area contributed by atoms with Crippen LogP contribution in [0.4, 0.5) is 25.0 Å². The van der Waals surface area contributed by atoms with E-state index in [1.165, 1.54) is 4.90 Å². The molecule has 1 aromatic carbocycles. The Morgan fingerprint density at radius 3 is 2.37 bits per heavy atom. The third kappa shape index (κ3) is 4.13. The van der Waals surface area contributed by atoms with Crippen LogP contribution in [0.1, 0.15) is 10.4 Å². The first-order chi connectivity index (χ1) is 13.0. The highest BCUT2D eigenvalue weighted by atomic mass is 19.1. The summed E-state index contributed by atoms with van der Waals surface area (Å²) in [5.41, 5.74) is 0.285. The van der Waals surface area contributed by atoms with Crippen LogP contribution in [0.5, 0.6) is 0 Å². The molecule has 1 N–H and O–H groups in total. The van der Waals surface area contributed by atoms with E-state index in [9.17, 15) is 18.4 Å². The summed E-state index contributed by atoms with van der Waals surface area (Å²) in [6.07, 6.45) is 3.40. The Bertz CT molecular complexity index is 840. The van der Waals surface area contributed by atoms with E-state index in [2.05, 4.69) is 19.9 Å². The standard InChI is InChI=1S/C18H18F2N4O3/c1-27-17(25)13-10-16(15(20)11-14(13)19)22-18(26)24-8-6-23(7-9-24)12-2-4-21-5-3-12/h2-5,10-11H,6-9H2,1H3,(H,22,26). The number of nitrogens with one attached hydrogen (secondary N) is 1. The number of rotatable bonds is 3. The summed E-state index contributed by atoms with van der Waals surface area (Å²) in [4.78, 5) is 31.6. The van der Waals surface area contributed by atoms with E-state index in [4.69, 9.17) is 0 Å². The quantitative estimate of drug-likeness (QED) is 0.834. The van der Waals surface area contributed by atoms with Gasteiger partial charge in [0.05, 0.1) is 18.4 Å². The van der Waals surface area contributed by atoms with Gasteiger partial charge in [-0.2, -0.15) is 0 Å². The summed E-state index contributed by atoms with van der Waals surface area (Å²) in [6, 6.07) is 4.73. The SMILES string of the molecule is COC(=O)c1cc(NC(=O)N2CCN(c3ccncc3)CC2)c(F)cc1F. The van der Waals surface area contributed by atoms with Crippen molar-refractivity contribution in [1.29, 1.82) is 0 Å². The Labute approximate surface area is 154 Å². The van der Waals surface area contributed by atoms with Gasteiger partial charge in [-0.1, -0.05) is 0 Å². The fraction of sp³-hybridized carbons (Fsp3) is 0.278. The van der Waals surface area contributed by atoms with Gasteiger partial charge in [-0.25, -0.2) is 18.4 Å². The molecule has 1 aromatic heterocycles. The molecule has 0 aliphatic carbocycles.